The molecule has 0 amide bonds. The maximum atomic E-state index is 12.4. The molecule has 0 aliphatic rings. The van der Waals surface area contributed by atoms with Crippen LogP contribution in [0.5, 0.6) is 0 Å². The van der Waals surface area contributed by atoms with E-state index in [1.54, 1.807) is 0 Å². The molecule has 1 aromatic carbocycles. The topological polar surface area (TPSA) is 0 Å². The van der Waals surface area contributed by atoms with Crippen molar-refractivity contribution in [2.45, 2.75) is 0 Å². The first-order valence-electron chi connectivity index (χ1n) is 2.52. The smallest absolute Gasteiger partial charge is 0.195 e. The minimum atomic E-state index is -1.64. The van der Waals surface area contributed by atoms with Gasteiger partial charge in [-0.15, -0.1) is 0 Å². The molecule has 0 N–H and O–H groups in total. The van der Waals surface area contributed by atoms with Crippen LogP contribution in [0.4, 0.5) is 17.6 Å². The lowest BCUT2D eigenvalue weighted by Crippen LogP contribution is -1.97. The minimum Gasteiger partial charge on any atom is -0.206 e. The number of benzene rings is 1. The fraction of sp³-hybridized carbons (Fsp3) is 0. The van der Waals surface area contributed by atoms with Crippen molar-refractivity contribution < 1.29 is 17.6 Å². The summed E-state index contributed by atoms with van der Waals surface area (Å²) < 4.78 is 48.6. The quantitative estimate of drug-likeness (QED) is 0.296. The average molecular weight is 276 g/mol. The summed E-state index contributed by atoms with van der Waals surface area (Å²) in [6.07, 6.45) is 0. The van der Waals surface area contributed by atoms with E-state index in [1.807, 2.05) is 0 Å². The second-order valence-electron chi connectivity index (χ2n) is 1.78. The highest BCUT2D eigenvalue weighted by atomic mass is 127. The van der Waals surface area contributed by atoms with E-state index in [-0.39, 0.29) is 0 Å². The van der Waals surface area contributed by atoms with Gasteiger partial charge in [0.05, 0.1) is 3.57 Å². The molecular weight excluding hydrogens is 275 g/mol. The number of rotatable bonds is 0. The van der Waals surface area contributed by atoms with Gasteiger partial charge in [-0.3, -0.25) is 0 Å². The number of halogens is 5. The molecule has 60 valence electrons. The predicted octanol–water partition coefficient (Wildman–Crippen LogP) is 2.85. The summed E-state index contributed by atoms with van der Waals surface area (Å²) in [7, 11) is 0. The summed E-state index contributed by atoms with van der Waals surface area (Å²) in [4.78, 5) is 0. The van der Waals surface area contributed by atoms with Crippen molar-refractivity contribution in [3.63, 3.8) is 0 Å². The summed E-state index contributed by atoms with van der Waals surface area (Å²) in [5, 5.41) is 0. The molecule has 1 aromatic rings. The monoisotopic (exact) mass is 276 g/mol. The third kappa shape index (κ3) is 1.47. The van der Waals surface area contributed by atoms with Gasteiger partial charge in [-0.2, -0.15) is 0 Å². The van der Waals surface area contributed by atoms with Crippen molar-refractivity contribution >= 4 is 22.6 Å². The van der Waals surface area contributed by atoms with E-state index in [9.17, 15) is 17.6 Å². The van der Waals surface area contributed by atoms with Crippen LogP contribution in [0.25, 0.3) is 0 Å². The van der Waals surface area contributed by atoms with Crippen LogP contribution in [0.1, 0.15) is 0 Å². The average Bonchev–Trinajstić information content (AvgIpc) is 1.97. The van der Waals surface area contributed by atoms with Gasteiger partial charge in [0.15, 0.2) is 17.5 Å². The first kappa shape index (κ1) is 8.76. The molecule has 0 spiro atoms. The van der Waals surface area contributed by atoms with E-state index in [1.165, 1.54) is 22.6 Å². The Morgan fingerprint density at radius 1 is 0.909 bits per heavy atom. The highest BCUT2D eigenvalue weighted by molar-refractivity contribution is 14.1. The second-order valence-corrected chi connectivity index (χ2v) is 2.86. The Morgan fingerprint density at radius 3 is 2.00 bits per heavy atom. The van der Waals surface area contributed by atoms with Crippen molar-refractivity contribution in [2.75, 3.05) is 0 Å². The van der Waals surface area contributed by atoms with Crippen molar-refractivity contribution in [1.29, 1.82) is 0 Å². The highest BCUT2D eigenvalue weighted by Gasteiger charge is 2.16. The Kier molecular flexibility index (Phi) is 2.36. The van der Waals surface area contributed by atoms with Crippen LogP contribution in [0, 0.1) is 26.8 Å². The molecular formula is C6HF4I. The third-order valence-corrected chi connectivity index (χ3v) is 2.05. The van der Waals surface area contributed by atoms with E-state index < -0.39 is 26.8 Å². The van der Waals surface area contributed by atoms with Gasteiger partial charge in [-0.1, -0.05) is 0 Å². The maximum absolute atomic E-state index is 12.4. The SMILES string of the molecule is Fc1cc(F)c(I)c(F)c1F. The lowest BCUT2D eigenvalue weighted by atomic mass is 10.3. The number of hydrogen-bond acceptors (Lipinski definition) is 0. The van der Waals surface area contributed by atoms with E-state index >= 15 is 0 Å². The Labute approximate surface area is 73.4 Å². The minimum absolute atomic E-state index is 0.306. The van der Waals surface area contributed by atoms with Gasteiger partial charge in [0.2, 0.25) is 0 Å². The van der Waals surface area contributed by atoms with Gasteiger partial charge < -0.3 is 0 Å². The van der Waals surface area contributed by atoms with Gasteiger partial charge >= 0.3 is 0 Å². The first-order valence-corrected chi connectivity index (χ1v) is 3.60. The summed E-state index contributed by atoms with van der Waals surface area (Å²) in [6, 6.07) is 0.306. The zero-order valence-corrected chi connectivity index (χ0v) is 7.12. The van der Waals surface area contributed by atoms with Crippen molar-refractivity contribution in [3.8, 4) is 0 Å². The van der Waals surface area contributed by atoms with Crippen molar-refractivity contribution in [2.24, 2.45) is 0 Å². The highest BCUT2D eigenvalue weighted by Crippen LogP contribution is 2.20. The van der Waals surface area contributed by atoms with Crippen LogP contribution in [0.15, 0.2) is 6.07 Å². The first-order chi connectivity index (χ1) is 5.04. The summed E-state index contributed by atoms with van der Waals surface area (Å²) in [5.74, 6) is -5.73. The Hall–Kier alpha value is -0.330. The fourth-order valence-corrected chi connectivity index (χ4v) is 0.936. The molecule has 0 saturated carbocycles. The van der Waals surface area contributed by atoms with E-state index in [2.05, 4.69) is 0 Å². The fourth-order valence-electron chi connectivity index (χ4n) is 0.544. The lowest BCUT2D eigenvalue weighted by Gasteiger charge is -1.98. The number of hydrogen-bond donors (Lipinski definition) is 0. The molecule has 0 atom stereocenters. The van der Waals surface area contributed by atoms with E-state index in [0.717, 1.165) is 0 Å². The summed E-state index contributed by atoms with van der Waals surface area (Å²) in [5.41, 5.74) is 0. The van der Waals surface area contributed by atoms with Crippen molar-refractivity contribution in [3.05, 3.63) is 32.9 Å². The molecule has 1 rings (SSSR count). The lowest BCUT2D eigenvalue weighted by molar-refractivity contribution is 0.429. The molecule has 0 aromatic heterocycles. The van der Waals surface area contributed by atoms with Crippen LogP contribution >= 0.6 is 22.6 Å². The van der Waals surface area contributed by atoms with Gasteiger partial charge in [0.1, 0.15) is 5.82 Å². The molecule has 0 heterocycles. The Bertz CT molecular complexity index is 271. The van der Waals surface area contributed by atoms with Crippen molar-refractivity contribution in [1.82, 2.24) is 0 Å². The van der Waals surface area contributed by atoms with Crippen LogP contribution in [0.2, 0.25) is 0 Å². The summed E-state index contributed by atoms with van der Waals surface area (Å²) in [6.45, 7) is 0. The summed E-state index contributed by atoms with van der Waals surface area (Å²) >= 11 is 1.25. The van der Waals surface area contributed by atoms with Crippen LogP contribution in [-0.4, -0.2) is 0 Å². The third-order valence-electron chi connectivity index (χ3n) is 1.06. The van der Waals surface area contributed by atoms with E-state index in [4.69, 9.17) is 0 Å². The maximum Gasteiger partial charge on any atom is 0.195 e. The molecule has 0 aliphatic heterocycles. The second kappa shape index (κ2) is 2.96. The van der Waals surface area contributed by atoms with Crippen LogP contribution in [-0.2, 0) is 0 Å². The normalized spacial score (nSPS) is 10.3. The Morgan fingerprint density at radius 2 is 1.45 bits per heavy atom. The van der Waals surface area contributed by atoms with Gasteiger partial charge in [0.25, 0.3) is 0 Å². The van der Waals surface area contributed by atoms with Gasteiger partial charge in [-0.25, -0.2) is 17.6 Å². The van der Waals surface area contributed by atoms with Crippen LogP contribution in [0.3, 0.4) is 0 Å². The molecule has 5 heteroatoms. The molecule has 0 aliphatic carbocycles. The molecule has 0 unspecified atom stereocenters. The molecule has 0 radical (unpaired) electrons. The standard InChI is InChI=1S/C6HF4I/c7-2-1-3(8)6(11)5(10)4(2)9/h1H. The van der Waals surface area contributed by atoms with Gasteiger partial charge in [-0.05, 0) is 22.6 Å². The molecule has 11 heavy (non-hydrogen) atoms. The van der Waals surface area contributed by atoms with Crippen LogP contribution < -0.4 is 0 Å². The molecule has 0 bridgehead atoms. The molecule has 0 saturated heterocycles. The molecule has 0 fully saturated rings. The van der Waals surface area contributed by atoms with E-state index in [0.29, 0.717) is 6.07 Å². The predicted molar refractivity (Wildman–Crippen MR) is 39.0 cm³/mol. The Balaban J connectivity index is 3.46. The van der Waals surface area contributed by atoms with Gasteiger partial charge in [0, 0.05) is 6.07 Å². The zero-order valence-electron chi connectivity index (χ0n) is 4.97. The largest absolute Gasteiger partial charge is 0.206 e. The molecule has 0 nitrogen and oxygen atoms in total. The zero-order chi connectivity index (χ0) is 8.59.